The van der Waals surface area contributed by atoms with Crippen LogP contribution in [0.3, 0.4) is 0 Å². The van der Waals surface area contributed by atoms with Crippen LogP contribution in [0.1, 0.15) is 11.1 Å². The highest BCUT2D eigenvalue weighted by Crippen LogP contribution is 2.29. The predicted octanol–water partition coefficient (Wildman–Crippen LogP) is 1.61. The summed E-state index contributed by atoms with van der Waals surface area (Å²) in [6.45, 7) is 1.36. The minimum absolute atomic E-state index is 0.242. The second-order valence-electron chi connectivity index (χ2n) is 4.15. The lowest BCUT2D eigenvalue weighted by molar-refractivity contribution is 0.345. The van der Waals surface area contributed by atoms with Gasteiger partial charge in [0.25, 0.3) is 0 Å². The number of nitrogens with zero attached hydrogens (tertiary/aromatic N) is 2. The van der Waals surface area contributed by atoms with Gasteiger partial charge in [-0.05, 0) is 5.56 Å². The Kier molecular flexibility index (Phi) is 2.72. The fourth-order valence-electron chi connectivity index (χ4n) is 2.00. The van der Waals surface area contributed by atoms with Crippen molar-refractivity contribution in [3.8, 4) is 5.88 Å². The summed E-state index contributed by atoms with van der Waals surface area (Å²) in [7, 11) is 0. The third kappa shape index (κ3) is 2.07. The van der Waals surface area contributed by atoms with Crippen molar-refractivity contribution < 1.29 is 4.74 Å². The largest absolute Gasteiger partial charge is 0.477 e. The number of fused-ring (bicyclic) bond motifs is 1. The summed E-state index contributed by atoms with van der Waals surface area (Å²) in [5.74, 6) is 1.63. The Morgan fingerprint density at radius 2 is 2.06 bits per heavy atom. The van der Waals surface area contributed by atoms with Gasteiger partial charge in [-0.15, -0.1) is 0 Å². The zero-order chi connectivity index (χ0) is 12.4. The van der Waals surface area contributed by atoms with E-state index in [1.165, 1.54) is 5.56 Å². The monoisotopic (exact) mass is 242 g/mol. The maximum absolute atomic E-state index is 5.66. The van der Waals surface area contributed by atoms with Gasteiger partial charge in [-0.1, -0.05) is 30.3 Å². The zero-order valence-corrected chi connectivity index (χ0v) is 9.89. The molecular weight excluding hydrogens is 228 g/mol. The first-order chi connectivity index (χ1) is 8.83. The van der Waals surface area contributed by atoms with Crippen LogP contribution in [0.5, 0.6) is 5.88 Å². The molecule has 0 saturated heterocycles. The van der Waals surface area contributed by atoms with Gasteiger partial charge in [-0.25, -0.2) is 0 Å². The van der Waals surface area contributed by atoms with Crippen molar-refractivity contribution in [3.63, 3.8) is 0 Å². The predicted molar refractivity (Wildman–Crippen MR) is 69.4 cm³/mol. The normalized spacial score (nSPS) is 12.9. The summed E-state index contributed by atoms with van der Waals surface area (Å²) in [5, 5.41) is 3.29. The average molecular weight is 242 g/mol. The van der Waals surface area contributed by atoms with Gasteiger partial charge < -0.3 is 15.8 Å². The molecule has 5 nitrogen and oxygen atoms in total. The highest BCUT2D eigenvalue weighted by atomic mass is 16.5. The van der Waals surface area contributed by atoms with Gasteiger partial charge >= 0.3 is 0 Å². The Bertz CT molecular complexity index is 556. The van der Waals surface area contributed by atoms with Crippen molar-refractivity contribution in [2.45, 2.75) is 13.0 Å². The topological polar surface area (TPSA) is 73.1 Å². The molecule has 1 aliphatic rings. The molecule has 0 aliphatic carbocycles. The van der Waals surface area contributed by atoms with E-state index in [1.807, 2.05) is 18.2 Å². The Labute approximate surface area is 105 Å². The number of hydrogen-bond acceptors (Lipinski definition) is 5. The van der Waals surface area contributed by atoms with Crippen molar-refractivity contribution in [1.82, 2.24) is 9.97 Å². The first-order valence-electron chi connectivity index (χ1n) is 5.90. The van der Waals surface area contributed by atoms with Crippen LogP contribution in [0, 0.1) is 0 Å². The maximum atomic E-state index is 5.66. The lowest BCUT2D eigenvalue weighted by Crippen LogP contribution is -2.06. The number of nitrogen functional groups attached to an aromatic ring is 1. The van der Waals surface area contributed by atoms with E-state index in [0.29, 0.717) is 19.0 Å². The number of nitrogens with one attached hydrogen (secondary N) is 1. The molecule has 0 amide bonds. The molecule has 2 heterocycles. The van der Waals surface area contributed by atoms with Crippen LogP contribution in [0.15, 0.2) is 30.3 Å². The van der Waals surface area contributed by atoms with Gasteiger partial charge in [0.2, 0.25) is 11.8 Å². The van der Waals surface area contributed by atoms with E-state index in [1.54, 1.807) is 0 Å². The molecule has 0 radical (unpaired) electrons. The quantitative estimate of drug-likeness (QED) is 0.855. The summed E-state index contributed by atoms with van der Waals surface area (Å²) in [5.41, 5.74) is 7.87. The van der Waals surface area contributed by atoms with Crippen LogP contribution in [-0.2, 0) is 13.0 Å². The fourth-order valence-corrected chi connectivity index (χ4v) is 2.00. The van der Waals surface area contributed by atoms with E-state index in [9.17, 15) is 0 Å². The number of rotatable bonds is 3. The van der Waals surface area contributed by atoms with Gasteiger partial charge in [-0.3, -0.25) is 0 Å². The van der Waals surface area contributed by atoms with Gasteiger partial charge in [-0.2, -0.15) is 9.97 Å². The van der Waals surface area contributed by atoms with Crippen LogP contribution in [0.2, 0.25) is 0 Å². The molecule has 0 saturated carbocycles. The van der Waals surface area contributed by atoms with Crippen LogP contribution in [-0.4, -0.2) is 16.6 Å². The molecule has 0 spiro atoms. The van der Waals surface area contributed by atoms with Crippen molar-refractivity contribution in [1.29, 1.82) is 0 Å². The van der Waals surface area contributed by atoms with E-state index >= 15 is 0 Å². The van der Waals surface area contributed by atoms with Crippen molar-refractivity contribution >= 4 is 11.8 Å². The van der Waals surface area contributed by atoms with Crippen LogP contribution < -0.4 is 15.8 Å². The maximum Gasteiger partial charge on any atom is 0.225 e. The highest BCUT2D eigenvalue weighted by Gasteiger charge is 2.19. The molecule has 1 aliphatic heterocycles. The van der Waals surface area contributed by atoms with Gasteiger partial charge in [0.05, 0.1) is 12.2 Å². The summed E-state index contributed by atoms with van der Waals surface area (Å²) in [6.07, 6.45) is 0.826. The van der Waals surface area contributed by atoms with E-state index in [-0.39, 0.29) is 5.95 Å². The minimum atomic E-state index is 0.242. The summed E-state index contributed by atoms with van der Waals surface area (Å²) in [6, 6.07) is 10.2. The number of aromatic nitrogens is 2. The molecule has 1 aromatic carbocycles. The van der Waals surface area contributed by atoms with Gasteiger partial charge in [0.15, 0.2) is 0 Å². The molecule has 0 bridgehead atoms. The van der Waals surface area contributed by atoms with Crippen molar-refractivity contribution in [2.75, 3.05) is 17.7 Å². The molecular formula is C13H14N4O. The van der Waals surface area contributed by atoms with Crippen molar-refractivity contribution in [3.05, 3.63) is 41.5 Å². The van der Waals surface area contributed by atoms with E-state index in [4.69, 9.17) is 10.5 Å². The molecule has 0 atom stereocenters. The SMILES string of the molecule is Nc1nc(NCc2ccccc2)c2c(n1)OCC2. The fraction of sp³-hybridized carbons (Fsp3) is 0.231. The average Bonchev–Trinajstić information content (AvgIpc) is 2.85. The number of ether oxygens (including phenoxy) is 1. The first kappa shape index (κ1) is 10.8. The molecule has 0 unspecified atom stereocenters. The smallest absolute Gasteiger partial charge is 0.225 e. The Morgan fingerprint density at radius 1 is 1.22 bits per heavy atom. The van der Waals surface area contributed by atoms with Gasteiger partial charge in [0, 0.05) is 13.0 Å². The number of anilines is 2. The number of benzene rings is 1. The van der Waals surface area contributed by atoms with Crippen LogP contribution >= 0.6 is 0 Å². The highest BCUT2D eigenvalue weighted by molar-refractivity contribution is 5.54. The molecule has 2 aromatic rings. The standard InChI is InChI=1S/C13H14N4O/c14-13-16-11(10-6-7-18-12(10)17-13)15-8-9-4-2-1-3-5-9/h1-5H,6-8H2,(H3,14,15,16,17). The second-order valence-corrected chi connectivity index (χ2v) is 4.15. The summed E-state index contributed by atoms with van der Waals surface area (Å²) in [4.78, 5) is 8.31. The van der Waals surface area contributed by atoms with E-state index < -0.39 is 0 Å². The first-order valence-corrected chi connectivity index (χ1v) is 5.90. The Balaban J connectivity index is 1.81. The molecule has 0 fully saturated rings. The van der Waals surface area contributed by atoms with Gasteiger partial charge in [0.1, 0.15) is 5.82 Å². The molecule has 3 rings (SSSR count). The van der Waals surface area contributed by atoms with E-state index in [2.05, 4.69) is 27.4 Å². The summed E-state index contributed by atoms with van der Waals surface area (Å²) < 4.78 is 5.40. The minimum Gasteiger partial charge on any atom is -0.477 e. The van der Waals surface area contributed by atoms with Crippen LogP contribution in [0.4, 0.5) is 11.8 Å². The number of hydrogen-bond donors (Lipinski definition) is 2. The second kappa shape index (κ2) is 4.52. The number of nitrogens with two attached hydrogens (primary N) is 1. The lowest BCUT2D eigenvalue weighted by atomic mass is 10.2. The molecule has 1 aromatic heterocycles. The third-order valence-corrected chi connectivity index (χ3v) is 2.88. The van der Waals surface area contributed by atoms with Crippen LogP contribution in [0.25, 0.3) is 0 Å². The summed E-state index contributed by atoms with van der Waals surface area (Å²) >= 11 is 0. The lowest BCUT2D eigenvalue weighted by Gasteiger charge is -2.09. The van der Waals surface area contributed by atoms with Crippen molar-refractivity contribution in [2.24, 2.45) is 0 Å². The zero-order valence-electron chi connectivity index (χ0n) is 9.89. The molecule has 92 valence electrons. The third-order valence-electron chi connectivity index (χ3n) is 2.88. The Morgan fingerprint density at radius 3 is 2.89 bits per heavy atom. The molecule has 3 N–H and O–H groups in total. The molecule has 18 heavy (non-hydrogen) atoms. The van der Waals surface area contributed by atoms with E-state index in [0.717, 1.165) is 17.8 Å². The molecule has 5 heteroatoms. The Hall–Kier alpha value is -2.30.